The number of carbonyl (C=O) groups is 2. The Morgan fingerprint density at radius 2 is 1.79 bits per heavy atom. The zero-order valence-corrected chi connectivity index (χ0v) is 13.9. The molecule has 5 nitrogen and oxygen atoms in total. The molecule has 0 unspecified atom stereocenters. The molecule has 1 aliphatic rings. The predicted molar refractivity (Wildman–Crippen MR) is 92.7 cm³/mol. The number of hydrazone groups is 1. The number of carbonyl (C=O) groups excluding carboxylic acids is 2. The summed E-state index contributed by atoms with van der Waals surface area (Å²) < 4.78 is 0. The van der Waals surface area contributed by atoms with Crippen LogP contribution < -0.4 is 5.32 Å². The van der Waals surface area contributed by atoms with Crippen molar-refractivity contribution >= 4 is 18.2 Å². The topological polar surface area (TPSA) is 61.8 Å². The van der Waals surface area contributed by atoms with E-state index in [-0.39, 0.29) is 5.91 Å². The number of imide groups is 1. The van der Waals surface area contributed by atoms with Crippen molar-refractivity contribution in [2.45, 2.75) is 26.3 Å². The Morgan fingerprint density at radius 1 is 1.08 bits per heavy atom. The van der Waals surface area contributed by atoms with Crippen LogP contribution in [0.3, 0.4) is 0 Å². The van der Waals surface area contributed by atoms with Crippen molar-refractivity contribution in [2.24, 2.45) is 5.10 Å². The van der Waals surface area contributed by atoms with Crippen LogP contribution in [0.25, 0.3) is 0 Å². The SMILES string of the molecule is Cc1ccc(/C=N\N2C(=O)N[C@@](C)(c3ccccc3)C2=O)c(C)c1. The summed E-state index contributed by atoms with van der Waals surface area (Å²) in [6, 6.07) is 14.6. The standard InChI is InChI=1S/C19H19N3O2/c1-13-9-10-15(14(2)11-13)12-20-22-17(23)19(3,21-18(22)24)16-7-5-4-6-8-16/h4-12H,1-3H3,(H,21,24)/b20-12-/t19-/m0/s1. The normalized spacial score (nSPS) is 20.7. The van der Waals surface area contributed by atoms with E-state index >= 15 is 0 Å². The van der Waals surface area contributed by atoms with E-state index in [0.29, 0.717) is 0 Å². The van der Waals surface area contributed by atoms with Crippen molar-refractivity contribution in [3.05, 3.63) is 70.8 Å². The Kier molecular flexibility index (Phi) is 3.93. The molecule has 0 aliphatic carbocycles. The van der Waals surface area contributed by atoms with E-state index in [1.807, 2.05) is 62.4 Å². The number of urea groups is 1. The Hall–Kier alpha value is -2.95. The third-order valence-corrected chi connectivity index (χ3v) is 4.26. The average Bonchev–Trinajstić information content (AvgIpc) is 2.78. The molecule has 0 spiro atoms. The van der Waals surface area contributed by atoms with Gasteiger partial charge in [0.05, 0.1) is 6.21 Å². The molecule has 1 aliphatic heterocycles. The van der Waals surface area contributed by atoms with Crippen molar-refractivity contribution in [1.82, 2.24) is 10.3 Å². The monoisotopic (exact) mass is 321 g/mol. The summed E-state index contributed by atoms with van der Waals surface area (Å²) in [4.78, 5) is 24.9. The molecule has 3 rings (SSSR count). The number of nitrogens with one attached hydrogen (secondary N) is 1. The minimum absolute atomic E-state index is 0.389. The van der Waals surface area contributed by atoms with Gasteiger partial charge in [0, 0.05) is 0 Å². The van der Waals surface area contributed by atoms with E-state index in [9.17, 15) is 9.59 Å². The molecule has 2 aromatic carbocycles. The Bertz CT molecular complexity index is 830. The summed E-state index contributed by atoms with van der Waals surface area (Å²) in [6.07, 6.45) is 1.54. The molecule has 3 amide bonds. The van der Waals surface area contributed by atoms with Crippen LogP contribution in [0.2, 0.25) is 0 Å². The molecule has 122 valence electrons. The Morgan fingerprint density at radius 3 is 2.46 bits per heavy atom. The first-order valence-electron chi connectivity index (χ1n) is 7.75. The number of hydrogen-bond donors (Lipinski definition) is 1. The summed E-state index contributed by atoms with van der Waals surface area (Å²) in [7, 11) is 0. The molecule has 0 radical (unpaired) electrons. The number of amides is 3. The molecule has 0 bridgehead atoms. The molecule has 0 saturated carbocycles. The highest BCUT2D eigenvalue weighted by molar-refractivity contribution is 6.07. The maximum atomic E-state index is 12.7. The van der Waals surface area contributed by atoms with Gasteiger partial charge < -0.3 is 5.32 Å². The van der Waals surface area contributed by atoms with Crippen molar-refractivity contribution in [3.63, 3.8) is 0 Å². The van der Waals surface area contributed by atoms with Crippen LogP contribution in [0.4, 0.5) is 4.79 Å². The second-order valence-electron chi connectivity index (χ2n) is 6.14. The minimum atomic E-state index is -1.10. The number of aryl methyl sites for hydroxylation is 2. The highest BCUT2D eigenvalue weighted by Crippen LogP contribution is 2.28. The lowest BCUT2D eigenvalue weighted by Crippen LogP contribution is -2.40. The van der Waals surface area contributed by atoms with E-state index in [0.717, 1.165) is 27.3 Å². The third kappa shape index (κ3) is 2.69. The van der Waals surface area contributed by atoms with Gasteiger partial charge in [0.15, 0.2) is 0 Å². The summed E-state index contributed by atoms with van der Waals surface area (Å²) in [6.45, 7) is 5.67. The maximum absolute atomic E-state index is 12.7. The quantitative estimate of drug-likeness (QED) is 0.697. The molecule has 1 heterocycles. The van der Waals surface area contributed by atoms with Crippen LogP contribution in [0.1, 0.15) is 29.2 Å². The summed E-state index contributed by atoms with van der Waals surface area (Å²) in [5.41, 5.74) is 2.69. The molecule has 1 atom stereocenters. The Balaban J connectivity index is 1.89. The lowest BCUT2D eigenvalue weighted by atomic mass is 9.92. The molecular weight excluding hydrogens is 302 g/mol. The molecule has 0 aromatic heterocycles. The fourth-order valence-electron chi connectivity index (χ4n) is 2.79. The van der Waals surface area contributed by atoms with Crippen molar-refractivity contribution < 1.29 is 9.59 Å². The van der Waals surface area contributed by atoms with Gasteiger partial charge >= 0.3 is 6.03 Å². The minimum Gasteiger partial charge on any atom is -0.318 e. The van der Waals surface area contributed by atoms with E-state index in [1.165, 1.54) is 0 Å². The molecular formula is C19H19N3O2. The van der Waals surface area contributed by atoms with Gasteiger partial charge in [-0.05, 0) is 37.5 Å². The maximum Gasteiger partial charge on any atom is 0.346 e. The summed E-state index contributed by atoms with van der Waals surface area (Å²) in [5, 5.41) is 7.74. The Labute approximate surface area is 141 Å². The first-order chi connectivity index (χ1) is 11.4. The number of hydrogen-bond acceptors (Lipinski definition) is 3. The highest BCUT2D eigenvalue weighted by atomic mass is 16.2. The van der Waals surface area contributed by atoms with Crippen LogP contribution in [0.15, 0.2) is 53.6 Å². The van der Waals surface area contributed by atoms with Crippen LogP contribution >= 0.6 is 0 Å². The predicted octanol–water partition coefficient (Wildman–Crippen LogP) is 3.10. The number of rotatable bonds is 3. The highest BCUT2D eigenvalue weighted by Gasteiger charge is 2.49. The molecule has 1 N–H and O–H groups in total. The lowest BCUT2D eigenvalue weighted by molar-refractivity contribution is -0.131. The fourth-order valence-corrected chi connectivity index (χ4v) is 2.79. The smallest absolute Gasteiger partial charge is 0.318 e. The van der Waals surface area contributed by atoms with Gasteiger partial charge in [0.25, 0.3) is 5.91 Å². The van der Waals surface area contributed by atoms with Crippen molar-refractivity contribution in [1.29, 1.82) is 0 Å². The third-order valence-electron chi connectivity index (χ3n) is 4.26. The van der Waals surface area contributed by atoms with Gasteiger partial charge in [-0.1, -0.05) is 54.1 Å². The number of benzene rings is 2. The average molecular weight is 321 g/mol. The largest absolute Gasteiger partial charge is 0.346 e. The molecule has 5 heteroatoms. The van der Waals surface area contributed by atoms with E-state index < -0.39 is 11.6 Å². The van der Waals surface area contributed by atoms with Gasteiger partial charge in [-0.25, -0.2) is 4.79 Å². The molecule has 1 saturated heterocycles. The van der Waals surface area contributed by atoms with Crippen LogP contribution in [0.5, 0.6) is 0 Å². The van der Waals surface area contributed by atoms with Gasteiger partial charge in [-0.2, -0.15) is 5.10 Å². The second kappa shape index (κ2) is 5.92. The molecule has 2 aromatic rings. The zero-order chi connectivity index (χ0) is 17.3. The van der Waals surface area contributed by atoms with Crippen molar-refractivity contribution in [3.8, 4) is 0 Å². The molecule has 1 fully saturated rings. The first-order valence-corrected chi connectivity index (χ1v) is 7.75. The number of nitrogens with zero attached hydrogens (tertiary/aromatic N) is 2. The van der Waals surface area contributed by atoms with Gasteiger partial charge in [0.1, 0.15) is 5.54 Å². The second-order valence-corrected chi connectivity index (χ2v) is 6.14. The van der Waals surface area contributed by atoms with Crippen LogP contribution in [-0.2, 0) is 10.3 Å². The van der Waals surface area contributed by atoms with Gasteiger partial charge in [-0.15, -0.1) is 5.01 Å². The van der Waals surface area contributed by atoms with Crippen LogP contribution in [-0.4, -0.2) is 23.2 Å². The van der Waals surface area contributed by atoms with E-state index in [4.69, 9.17) is 0 Å². The van der Waals surface area contributed by atoms with Gasteiger partial charge in [0.2, 0.25) is 0 Å². The fraction of sp³-hybridized carbons (Fsp3) is 0.211. The lowest BCUT2D eigenvalue weighted by Gasteiger charge is -2.20. The van der Waals surface area contributed by atoms with Crippen LogP contribution in [0, 0.1) is 13.8 Å². The van der Waals surface area contributed by atoms with Crippen molar-refractivity contribution in [2.75, 3.05) is 0 Å². The van der Waals surface area contributed by atoms with E-state index in [2.05, 4.69) is 10.4 Å². The van der Waals surface area contributed by atoms with Gasteiger partial charge in [-0.3, -0.25) is 4.79 Å². The summed E-state index contributed by atoms with van der Waals surface area (Å²) >= 11 is 0. The first kappa shape index (κ1) is 15.9. The summed E-state index contributed by atoms with van der Waals surface area (Å²) in [5.74, 6) is -0.389. The molecule has 24 heavy (non-hydrogen) atoms. The zero-order valence-electron chi connectivity index (χ0n) is 13.9. The van der Waals surface area contributed by atoms with E-state index in [1.54, 1.807) is 13.1 Å².